The summed E-state index contributed by atoms with van der Waals surface area (Å²) in [6, 6.07) is 8.23. The number of ether oxygens (including phenoxy) is 2. The van der Waals surface area contributed by atoms with Gasteiger partial charge >= 0.3 is 0 Å². The number of phenolic OH excluding ortho intramolecular Hbond substituents is 2. The van der Waals surface area contributed by atoms with Crippen molar-refractivity contribution in [3.8, 4) is 34.1 Å². The summed E-state index contributed by atoms with van der Waals surface area (Å²) in [5.41, 5.74) is 1.71. The summed E-state index contributed by atoms with van der Waals surface area (Å²) in [5.74, 6) is -0.258. The molecule has 0 saturated heterocycles. The van der Waals surface area contributed by atoms with Gasteiger partial charge in [-0.05, 0) is 37.6 Å². The maximum Gasteiger partial charge on any atom is 0.204 e. The first-order chi connectivity index (χ1) is 12.9. The first kappa shape index (κ1) is 18.4. The topological polar surface area (TPSA) is 89.1 Å². The molecule has 0 aliphatic carbocycles. The third kappa shape index (κ3) is 3.60. The fourth-order valence-electron chi connectivity index (χ4n) is 2.67. The lowest BCUT2D eigenvalue weighted by molar-refractivity contribution is 0.346. The summed E-state index contributed by atoms with van der Waals surface area (Å²) < 4.78 is 16.0. The van der Waals surface area contributed by atoms with Crippen molar-refractivity contribution < 1.29 is 24.1 Å². The fourth-order valence-corrected chi connectivity index (χ4v) is 2.67. The highest BCUT2D eigenvalue weighted by molar-refractivity contribution is 5.91. The molecule has 0 saturated carbocycles. The van der Waals surface area contributed by atoms with Crippen molar-refractivity contribution in [2.75, 3.05) is 13.7 Å². The molecular formula is C21H20O6. The standard InChI is InChI=1S/C21H20O6/c1-12(2)8-9-26-14-6-4-13(5-7-14)15-11-27-17-10-16(22)21(25-3)20(24)18(17)19(15)23/h4-8,10-11,22,24H,9H2,1-3H3. The van der Waals surface area contributed by atoms with Crippen LogP contribution in [0.5, 0.6) is 23.0 Å². The maximum absolute atomic E-state index is 12.9. The SMILES string of the molecule is COc1c(O)cc2occ(-c3ccc(OCC=C(C)C)cc3)c(=O)c2c1O. The van der Waals surface area contributed by atoms with Crippen LogP contribution in [0.1, 0.15) is 13.8 Å². The molecule has 27 heavy (non-hydrogen) atoms. The van der Waals surface area contributed by atoms with E-state index in [9.17, 15) is 15.0 Å². The Morgan fingerprint density at radius 3 is 2.52 bits per heavy atom. The van der Waals surface area contributed by atoms with Gasteiger partial charge in [0.1, 0.15) is 29.6 Å². The van der Waals surface area contributed by atoms with Crippen LogP contribution in [0.4, 0.5) is 0 Å². The van der Waals surface area contributed by atoms with Gasteiger partial charge in [0.25, 0.3) is 0 Å². The third-order valence-corrected chi connectivity index (χ3v) is 4.09. The predicted molar refractivity (Wildman–Crippen MR) is 103 cm³/mol. The Kier molecular flexibility index (Phi) is 5.07. The van der Waals surface area contributed by atoms with Gasteiger partial charge in [0.15, 0.2) is 11.5 Å². The molecule has 2 N–H and O–H groups in total. The molecule has 0 fully saturated rings. The van der Waals surface area contributed by atoms with Gasteiger partial charge < -0.3 is 24.1 Å². The molecule has 0 unspecified atom stereocenters. The third-order valence-electron chi connectivity index (χ3n) is 4.09. The number of phenols is 2. The van der Waals surface area contributed by atoms with Gasteiger partial charge in [0.05, 0.1) is 12.7 Å². The lowest BCUT2D eigenvalue weighted by atomic mass is 10.0. The summed E-state index contributed by atoms with van der Waals surface area (Å²) in [7, 11) is 1.29. The van der Waals surface area contributed by atoms with Gasteiger partial charge in [-0.15, -0.1) is 0 Å². The normalized spacial score (nSPS) is 10.6. The van der Waals surface area contributed by atoms with Crippen LogP contribution in [0.25, 0.3) is 22.1 Å². The average molecular weight is 368 g/mol. The van der Waals surface area contributed by atoms with Crippen LogP contribution in [0.3, 0.4) is 0 Å². The number of hydrogen-bond acceptors (Lipinski definition) is 6. The summed E-state index contributed by atoms with van der Waals surface area (Å²) in [5, 5.41) is 20.1. The number of hydrogen-bond donors (Lipinski definition) is 2. The minimum Gasteiger partial charge on any atom is -0.504 e. The van der Waals surface area contributed by atoms with E-state index in [0.29, 0.717) is 17.9 Å². The zero-order valence-electron chi connectivity index (χ0n) is 15.3. The van der Waals surface area contributed by atoms with E-state index in [1.54, 1.807) is 24.3 Å². The van der Waals surface area contributed by atoms with Crippen molar-refractivity contribution in [2.24, 2.45) is 0 Å². The van der Waals surface area contributed by atoms with Crippen molar-refractivity contribution >= 4 is 11.0 Å². The van der Waals surface area contributed by atoms with Gasteiger partial charge in [-0.3, -0.25) is 4.79 Å². The molecule has 0 atom stereocenters. The van der Waals surface area contributed by atoms with E-state index in [1.807, 2.05) is 19.9 Å². The lowest BCUT2D eigenvalue weighted by Crippen LogP contribution is -2.05. The molecule has 6 heteroatoms. The zero-order chi connectivity index (χ0) is 19.6. The molecule has 3 rings (SSSR count). The van der Waals surface area contributed by atoms with Gasteiger partial charge in [0, 0.05) is 6.07 Å². The number of methoxy groups -OCH3 is 1. The number of benzene rings is 2. The Morgan fingerprint density at radius 1 is 1.19 bits per heavy atom. The van der Waals surface area contributed by atoms with Crippen molar-refractivity contribution in [1.82, 2.24) is 0 Å². The van der Waals surface area contributed by atoms with Gasteiger partial charge in [-0.1, -0.05) is 17.7 Å². The Bertz CT molecular complexity index is 1060. The summed E-state index contributed by atoms with van der Waals surface area (Å²) >= 11 is 0. The Morgan fingerprint density at radius 2 is 1.89 bits per heavy atom. The highest BCUT2D eigenvalue weighted by Crippen LogP contribution is 2.41. The number of allylic oxidation sites excluding steroid dienone is 1. The largest absolute Gasteiger partial charge is 0.504 e. The summed E-state index contributed by atoms with van der Waals surface area (Å²) in [4.78, 5) is 12.9. The van der Waals surface area contributed by atoms with Gasteiger partial charge in [-0.2, -0.15) is 0 Å². The summed E-state index contributed by atoms with van der Waals surface area (Å²) in [6.07, 6.45) is 3.27. The highest BCUT2D eigenvalue weighted by atomic mass is 16.5. The molecule has 0 aliphatic heterocycles. The molecule has 1 heterocycles. The van der Waals surface area contributed by atoms with Crippen LogP contribution in [0, 0.1) is 0 Å². The van der Waals surface area contributed by atoms with Crippen LogP contribution in [0.15, 0.2) is 57.5 Å². The quantitative estimate of drug-likeness (QED) is 0.655. The number of aromatic hydroxyl groups is 2. The van der Waals surface area contributed by atoms with Crippen molar-refractivity contribution in [1.29, 1.82) is 0 Å². The van der Waals surface area contributed by atoms with Crippen molar-refractivity contribution in [3.05, 3.63) is 58.5 Å². The van der Waals surface area contributed by atoms with E-state index >= 15 is 0 Å². The minimum absolute atomic E-state index is 0.0500. The molecule has 3 aromatic rings. The van der Waals surface area contributed by atoms with Crippen LogP contribution < -0.4 is 14.9 Å². The molecule has 1 aromatic heterocycles. The fraction of sp³-hybridized carbons (Fsp3) is 0.190. The van der Waals surface area contributed by atoms with E-state index in [-0.39, 0.29) is 28.0 Å². The van der Waals surface area contributed by atoms with E-state index in [4.69, 9.17) is 13.9 Å². The molecule has 0 bridgehead atoms. The van der Waals surface area contributed by atoms with Crippen molar-refractivity contribution in [2.45, 2.75) is 13.8 Å². The average Bonchev–Trinajstić information content (AvgIpc) is 2.62. The molecule has 0 aliphatic rings. The number of fused-ring (bicyclic) bond motifs is 1. The molecule has 0 spiro atoms. The predicted octanol–water partition coefficient (Wildman–Crippen LogP) is 4.22. The van der Waals surface area contributed by atoms with Crippen LogP contribution in [0.2, 0.25) is 0 Å². The van der Waals surface area contributed by atoms with Crippen LogP contribution in [-0.2, 0) is 0 Å². The second kappa shape index (κ2) is 7.45. The van der Waals surface area contributed by atoms with Crippen molar-refractivity contribution in [3.63, 3.8) is 0 Å². The maximum atomic E-state index is 12.9. The van der Waals surface area contributed by atoms with Crippen LogP contribution in [-0.4, -0.2) is 23.9 Å². The Labute approximate surface area is 155 Å². The van der Waals surface area contributed by atoms with Gasteiger partial charge in [-0.25, -0.2) is 0 Å². The molecule has 2 aromatic carbocycles. The smallest absolute Gasteiger partial charge is 0.204 e. The first-order valence-corrected chi connectivity index (χ1v) is 8.33. The highest BCUT2D eigenvalue weighted by Gasteiger charge is 2.19. The lowest BCUT2D eigenvalue weighted by Gasteiger charge is -2.10. The Hall–Kier alpha value is -3.41. The Balaban J connectivity index is 2.01. The molecule has 6 nitrogen and oxygen atoms in total. The first-order valence-electron chi connectivity index (χ1n) is 8.33. The van der Waals surface area contributed by atoms with E-state index in [0.717, 1.165) is 0 Å². The van der Waals surface area contributed by atoms with E-state index < -0.39 is 11.2 Å². The number of rotatable bonds is 5. The molecule has 140 valence electrons. The summed E-state index contributed by atoms with van der Waals surface area (Å²) in [6.45, 7) is 4.46. The zero-order valence-corrected chi connectivity index (χ0v) is 15.3. The van der Waals surface area contributed by atoms with E-state index in [1.165, 1.54) is 25.0 Å². The second-order valence-corrected chi connectivity index (χ2v) is 6.25. The monoisotopic (exact) mass is 368 g/mol. The van der Waals surface area contributed by atoms with E-state index in [2.05, 4.69) is 0 Å². The molecule has 0 amide bonds. The second-order valence-electron chi connectivity index (χ2n) is 6.25. The van der Waals surface area contributed by atoms with Gasteiger partial charge in [0.2, 0.25) is 11.2 Å². The molecule has 0 radical (unpaired) electrons. The van der Waals surface area contributed by atoms with Crippen LogP contribution >= 0.6 is 0 Å². The molecular weight excluding hydrogens is 348 g/mol. The minimum atomic E-state index is -0.454.